The van der Waals surface area contributed by atoms with Gasteiger partial charge in [0.1, 0.15) is 6.07 Å². The molecule has 0 saturated heterocycles. The highest BCUT2D eigenvalue weighted by Crippen LogP contribution is 2.33. The monoisotopic (exact) mass is 429 g/mol. The van der Waals surface area contributed by atoms with Crippen molar-refractivity contribution in [2.75, 3.05) is 10.6 Å². The number of benzene rings is 3. The Hall–Kier alpha value is -3.56. The summed E-state index contributed by atoms with van der Waals surface area (Å²) >= 11 is 1.38. The van der Waals surface area contributed by atoms with Crippen LogP contribution in [-0.2, 0) is 4.79 Å². The van der Waals surface area contributed by atoms with Crippen molar-refractivity contribution in [3.8, 4) is 6.07 Å². The van der Waals surface area contributed by atoms with E-state index in [-0.39, 0.29) is 11.8 Å². The van der Waals surface area contributed by atoms with Crippen LogP contribution in [0, 0.1) is 16.7 Å². The maximum Gasteiger partial charge on any atom is 0.256 e. The SMILES string of the molecule is CC(C)(C)C(=O)Nc1cccc(NC(=O)c2ccccc2Sc2ccccc2C#N)c1. The summed E-state index contributed by atoms with van der Waals surface area (Å²) in [7, 11) is 0. The summed E-state index contributed by atoms with van der Waals surface area (Å²) in [5, 5.41) is 15.1. The predicted octanol–water partition coefficient (Wildman–Crippen LogP) is 5.95. The van der Waals surface area contributed by atoms with E-state index in [0.717, 1.165) is 9.79 Å². The van der Waals surface area contributed by atoms with Crippen molar-refractivity contribution < 1.29 is 9.59 Å². The van der Waals surface area contributed by atoms with Gasteiger partial charge in [0.15, 0.2) is 0 Å². The van der Waals surface area contributed by atoms with Gasteiger partial charge >= 0.3 is 0 Å². The first-order chi connectivity index (χ1) is 14.8. The van der Waals surface area contributed by atoms with Crippen LogP contribution in [0.4, 0.5) is 11.4 Å². The zero-order valence-corrected chi connectivity index (χ0v) is 18.4. The van der Waals surface area contributed by atoms with Crippen molar-refractivity contribution in [1.29, 1.82) is 5.26 Å². The molecule has 0 radical (unpaired) electrons. The number of nitrogens with one attached hydrogen (secondary N) is 2. The molecule has 0 spiro atoms. The Balaban J connectivity index is 1.80. The lowest BCUT2D eigenvalue weighted by atomic mass is 9.95. The van der Waals surface area contributed by atoms with Crippen LogP contribution < -0.4 is 10.6 Å². The molecule has 5 nitrogen and oxygen atoms in total. The summed E-state index contributed by atoms with van der Waals surface area (Å²) in [5.74, 6) is -0.370. The summed E-state index contributed by atoms with van der Waals surface area (Å²) in [5.41, 5.74) is 1.74. The largest absolute Gasteiger partial charge is 0.326 e. The van der Waals surface area contributed by atoms with E-state index in [0.29, 0.717) is 22.5 Å². The van der Waals surface area contributed by atoms with Crippen molar-refractivity contribution in [2.24, 2.45) is 5.41 Å². The van der Waals surface area contributed by atoms with Crippen molar-refractivity contribution in [3.05, 3.63) is 83.9 Å². The van der Waals surface area contributed by atoms with Crippen molar-refractivity contribution in [1.82, 2.24) is 0 Å². The Morgan fingerprint density at radius 1 is 0.839 bits per heavy atom. The van der Waals surface area contributed by atoms with Gasteiger partial charge in [-0.3, -0.25) is 9.59 Å². The van der Waals surface area contributed by atoms with Crippen LogP contribution >= 0.6 is 11.8 Å². The van der Waals surface area contributed by atoms with Gasteiger partial charge in [-0.1, -0.05) is 62.9 Å². The minimum Gasteiger partial charge on any atom is -0.326 e. The molecule has 6 heteroatoms. The van der Waals surface area contributed by atoms with E-state index in [1.54, 1.807) is 42.5 Å². The Labute approximate surface area is 186 Å². The highest BCUT2D eigenvalue weighted by molar-refractivity contribution is 7.99. The smallest absolute Gasteiger partial charge is 0.256 e. The number of rotatable bonds is 5. The molecule has 0 aliphatic heterocycles. The highest BCUT2D eigenvalue weighted by Gasteiger charge is 2.21. The molecule has 3 rings (SSSR count). The number of hydrogen-bond acceptors (Lipinski definition) is 4. The molecule has 31 heavy (non-hydrogen) atoms. The lowest BCUT2D eigenvalue weighted by Gasteiger charge is -2.18. The molecule has 0 heterocycles. The van der Waals surface area contributed by atoms with E-state index in [1.165, 1.54) is 11.8 Å². The molecule has 0 saturated carbocycles. The first-order valence-electron chi connectivity index (χ1n) is 9.77. The van der Waals surface area contributed by atoms with E-state index in [9.17, 15) is 14.9 Å². The summed E-state index contributed by atoms with van der Waals surface area (Å²) in [6, 6.07) is 23.8. The maximum absolute atomic E-state index is 13.0. The molecule has 0 aliphatic rings. The molecule has 3 aromatic carbocycles. The van der Waals surface area contributed by atoms with Gasteiger partial charge in [0.25, 0.3) is 5.91 Å². The molecule has 2 amide bonds. The maximum atomic E-state index is 13.0. The number of carbonyl (C=O) groups is 2. The fraction of sp³-hybridized carbons (Fsp3) is 0.160. The zero-order valence-electron chi connectivity index (χ0n) is 17.6. The number of hydrogen-bond donors (Lipinski definition) is 2. The van der Waals surface area contributed by atoms with Gasteiger partial charge < -0.3 is 10.6 Å². The Morgan fingerprint density at radius 2 is 1.45 bits per heavy atom. The van der Waals surface area contributed by atoms with Crippen LogP contribution in [-0.4, -0.2) is 11.8 Å². The van der Waals surface area contributed by atoms with Gasteiger partial charge in [0.2, 0.25) is 5.91 Å². The van der Waals surface area contributed by atoms with Crippen molar-refractivity contribution in [3.63, 3.8) is 0 Å². The van der Waals surface area contributed by atoms with Crippen LogP contribution in [0.25, 0.3) is 0 Å². The molecule has 156 valence electrons. The third-order valence-corrected chi connectivity index (χ3v) is 5.57. The lowest BCUT2D eigenvalue weighted by Crippen LogP contribution is -2.27. The van der Waals surface area contributed by atoms with E-state index in [2.05, 4.69) is 16.7 Å². The summed E-state index contributed by atoms with van der Waals surface area (Å²) in [6.07, 6.45) is 0. The normalized spacial score (nSPS) is 10.8. The second-order valence-electron chi connectivity index (χ2n) is 7.95. The second kappa shape index (κ2) is 9.50. The first-order valence-corrected chi connectivity index (χ1v) is 10.6. The van der Waals surface area contributed by atoms with Crippen molar-refractivity contribution >= 4 is 35.0 Å². The summed E-state index contributed by atoms with van der Waals surface area (Å²) in [6.45, 7) is 5.52. The molecule has 0 aromatic heterocycles. The number of amides is 2. The standard InChI is InChI=1S/C25H23N3O2S/c1-25(2,3)24(30)28-19-11-8-10-18(15-19)27-23(29)20-12-5-7-14-22(20)31-21-13-6-4-9-17(21)16-26/h4-15H,1-3H3,(H,27,29)(H,28,30). The Kier molecular flexibility index (Phi) is 6.78. The van der Waals surface area contributed by atoms with Crippen LogP contribution in [0.5, 0.6) is 0 Å². The van der Waals surface area contributed by atoms with Crippen LogP contribution in [0.1, 0.15) is 36.7 Å². The van der Waals surface area contributed by atoms with E-state index < -0.39 is 5.41 Å². The van der Waals surface area contributed by atoms with E-state index in [1.807, 2.05) is 51.1 Å². The molecule has 0 atom stereocenters. The van der Waals surface area contributed by atoms with Gasteiger partial charge in [-0.15, -0.1) is 0 Å². The van der Waals surface area contributed by atoms with Gasteiger partial charge in [0, 0.05) is 26.6 Å². The number of anilines is 2. The number of nitriles is 1. The summed E-state index contributed by atoms with van der Waals surface area (Å²) in [4.78, 5) is 26.8. The van der Waals surface area contributed by atoms with Crippen LogP contribution in [0.2, 0.25) is 0 Å². The molecular formula is C25H23N3O2S. The molecule has 0 unspecified atom stereocenters. The summed E-state index contributed by atoms with van der Waals surface area (Å²) < 4.78 is 0. The average Bonchev–Trinajstić information content (AvgIpc) is 2.74. The van der Waals surface area contributed by atoms with E-state index in [4.69, 9.17) is 0 Å². The minimum atomic E-state index is -0.519. The molecular weight excluding hydrogens is 406 g/mol. The number of carbonyl (C=O) groups excluding carboxylic acids is 2. The van der Waals surface area contributed by atoms with Gasteiger partial charge in [-0.05, 0) is 42.5 Å². The topological polar surface area (TPSA) is 82.0 Å². The van der Waals surface area contributed by atoms with E-state index >= 15 is 0 Å². The zero-order chi connectivity index (χ0) is 22.4. The molecule has 2 N–H and O–H groups in total. The predicted molar refractivity (Wildman–Crippen MR) is 124 cm³/mol. The average molecular weight is 430 g/mol. The quantitative estimate of drug-likeness (QED) is 0.525. The highest BCUT2D eigenvalue weighted by atomic mass is 32.2. The Morgan fingerprint density at radius 3 is 2.13 bits per heavy atom. The van der Waals surface area contributed by atoms with Crippen LogP contribution in [0.15, 0.2) is 82.6 Å². The Bertz CT molecular complexity index is 1160. The minimum absolute atomic E-state index is 0.103. The van der Waals surface area contributed by atoms with Crippen molar-refractivity contribution in [2.45, 2.75) is 30.6 Å². The molecule has 0 fully saturated rings. The number of nitrogens with zero attached hydrogens (tertiary/aromatic N) is 1. The molecule has 0 aliphatic carbocycles. The first kappa shape index (κ1) is 22.1. The molecule has 3 aromatic rings. The third kappa shape index (κ3) is 5.74. The second-order valence-corrected chi connectivity index (χ2v) is 9.03. The van der Waals surface area contributed by atoms with Gasteiger partial charge in [0.05, 0.1) is 11.1 Å². The fourth-order valence-corrected chi connectivity index (χ4v) is 3.73. The third-order valence-electron chi connectivity index (χ3n) is 4.42. The van der Waals surface area contributed by atoms with Gasteiger partial charge in [-0.2, -0.15) is 5.26 Å². The van der Waals surface area contributed by atoms with Gasteiger partial charge in [-0.25, -0.2) is 0 Å². The lowest BCUT2D eigenvalue weighted by molar-refractivity contribution is -0.123. The molecule has 0 bridgehead atoms. The van der Waals surface area contributed by atoms with Crippen LogP contribution in [0.3, 0.4) is 0 Å². The fourth-order valence-electron chi connectivity index (χ4n) is 2.70.